The van der Waals surface area contributed by atoms with Gasteiger partial charge in [0.1, 0.15) is 0 Å². The highest BCUT2D eigenvalue weighted by Gasteiger charge is 2.39. The van der Waals surface area contributed by atoms with Gasteiger partial charge in [-0.3, -0.25) is 26.5 Å². The molecule has 5 N–H and O–H groups in total. The first-order valence-electron chi connectivity index (χ1n) is 5.16. The molecule has 0 aliphatic carbocycles. The maximum Gasteiger partial charge on any atom is 0.326 e. The van der Waals surface area contributed by atoms with E-state index >= 15 is 0 Å². The van der Waals surface area contributed by atoms with Crippen LogP contribution in [0.5, 0.6) is 0 Å². The van der Waals surface area contributed by atoms with Crippen LogP contribution in [-0.4, -0.2) is 29.2 Å². The first-order chi connectivity index (χ1) is 6.97. The van der Waals surface area contributed by atoms with Crippen LogP contribution >= 0.6 is 0 Å². The van der Waals surface area contributed by atoms with Gasteiger partial charge >= 0.3 is 6.03 Å². The van der Waals surface area contributed by atoms with Gasteiger partial charge in [0.2, 0.25) is 5.91 Å². The van der Waals surface area contributed by atoms with E-state index < -0.39 is 17.7 Å². The number of nitrogens with two attached hydrogens (primary N) is 2. The maximum absolute atomic E-state index is 11.4. The van der Waals surface area contributed by atoms with Crippen LogP contribution in [0.3, 0.4) is 0 Å². The fourth-order valence-corrected chi connectivity index (χ4v) is 1.60. The van der Waals surface area contributed by atoms with Crippen molar-refractivity contribution < 1.29 is 9.59 Å². The molecule has 0 spiro atoms. The number of hydrogen-bond donors (Lipinski definition) is 3. The lowest BCUT2D eigenvalue weighted by Gasteiger charge is -2.40. The Morgan fingerprint density at radius 3 is 2.60 bits per heavy atom. The molecule has 0 saturated carbocycles. The summed E-state index contributed by atoms with van der Waals surface area (Å²) in [6.45, 7) is 2.55. The number of carbonyl (C=O) groups is 2. The number of hydrogen-bond acceptors (Lipinski definition) is 4. The van der Waals surface area contributed by atoms with Gasteiger partial charge in [0.05, 0.1) is 6.42 Å². The highest BCUT2D eigenvalue weighted by atomic mass is 16.2. The average Bonchev–Trinajstić information content (AvgIpc) is 2.08. The molecule has 1 saturated heterocycles. The smallest absolute Gasteiger partial charge is 0.296 e. The minimum absolute atomic E-state index is 0.0507. The predicted octanol–water partition coefficient (Wildman–Crippen LogP) is -0.310. The molecule has 15 heavy (non-hydrogen) atoms. The SMILES string of the molecule is CCCCCN1C(=O)NC(=O)CC1(N)N. The normalized spacial score (nSPS) is 20.3. The van der Waals surface area contributed by atoms with Crippen LogP contribution in [0, 0.1) is 0 Å². The molecule has 0 unspecified atom stereocenters. The van der Waals surface area contributed by atoms with Crippen molar-refractivity contribution in [1.82, 2.24) is 10.2 Å². The molecule has 0 aromatic heterocycles. The lowest BCUT2D eigenvalue weighted by molar-refractivity contribution is -0.125. The van der Waals surface area contributed by atoms with Crippen molar-refractivity contribution in [1.29, 1.82) is 0 Å². The molecule has 1 aliphatic heterocycles. The number of nitrogens with zero attached hydrogens (tertiary/aromatic N) is 1. The van der Waals surface area contributed by atoms with Crippen LogP contribution < -0.4 is 16.8 Å². The van der Waals surface area contributed by atoms with E-state index in [1.54, 1.807) is 0 Å². The summed E-state index contributed by atoms with van der Waals surface area (Å²) in [5, 5.41) is 2.20. The van der Waals surface area contributed by atoms with Crippen LogP contribution in [0.1, 0.15) is 32.6 Å². The van der Waals surface area contributed by atoms with Crippen LogP contribution in [0.2, 0.25) is 0 Å². The number of carbonyl (C=O) groups excluding carboxylic acids is 2. The quantitative estimate of drug-likeness (QED) is 0.441. The topological polar surface area (TPSA) is 101 Å². The first-order valence-corrected chi connectivity index (χ1v) is 5.16. The molecule has 6 nitrogen and oxygen atoms in total. The minimum Gasteiger partial charge on any atom is -0.296 e. The van der Waals surface area contributed by atoms with Crippen molar-refractivity contribution >= 4 is 11.9 Å². The van der Waals surface area contributed by atoms with Gasteiger partial charge < -0.3 is 0 Å². The maximum atomic E-state index is 11.4. The highest BCUT2D eigenvalue weighted by molar-refractivity contribution is 5.97. The molecule has 1 rings (SSSR count). The van der Waals surface area contributed by atoms with Crippen molar-refractivity contribution in [3.05, 3.63) is 0 Å². The van der Waals surface area contributed by atoms with Gasteiger partial charge in [0.15, 0.2) is 5.79 Å². The zero-order valence-electron chi connectivity index (χ0n) is 8.95. The van der Waals surface area contributed by atoms with E-state index in [0.717, 1.165) is 19.3 Å². The average molecular weight is 214 g/mol. The monoisotopic (exact) mass is 214 g/mol. The second-order valence-electron chi connectivity index (χ2n) is 3.88. The summed E-state index contributed by atoms with van der Waals surface area (Å²) in [4.78, 5) is 23.8. The summed E-state index contributed by atoms with van der Waals surface area (Å²) < 4.78 is 0. The number of nitrogens with one attached hydrogen (secondary N) is 1. The van der Waals surface area contributed by atoms with Crippen molar-refractivity contribution in [2.24, 2.45) is 11.5 Å². The van der Waals surface area contributed by atoms with Gasteiger partial charge in [-0.2, -0.15) is 0 Å². The third kappa shape index (κ3) is 2.90. The van der Waals surface area contributed by atoms with Gasteiger partial charge in [-0.15, -0.1) is 0 Å². The second-order valence-corrected chi connectivity index (χ2v) is 3.88. The van der Waals surface area contributed by atoms with E-state index in [1.807, 2.05) is 0 Å². The van der Waals surface area contributed by atoms with Crippen molar-refractivity contribution in [3.63, 3.8) is 0 Å². The van der Waals surface area contributed by atoms with Gasteiger partial charge in [0.25, 0.3) is 0 Å². The Kier molecular flexibility index (Phi) is 3.65. The summed E-state index contributed by atoms with van der Waals surface area (Å²) in [6, 6.07) is -0.493. The molecule has 0 bridgehead atoms. The van der Waals surface area contributed by atoms with Gasteiger partial charge in [-0.25, -0.2) is 4.79 Å². The molecule has 1 heterocycles. The fraction of sp³-hybridized carbons (Fsp3) is 0.778. The molecule has 1 fully saturated rings. The molecular weight excluding hydrogens is 196 g/mol. The Hall–Kier alpha value is -1.14. The summed E-state index contributed by atoms with van der Waals surface area (Å²) in [5.74, 6) is -1.76. The summed E-state index contributed by atoms with van der Waals surface area (Å²) in [6.07, 6.45) is 2.85. The molecular formula is C9H18N4O2. The van der Waals surface area contributed by atoms with E-state index in [1.165, 1.54) is 4.90 Å². The fourth-order valence-electron chi connectivity index (χ4n) is 1.60. The third-order valence-electron chi connectivity index (χ3n) is 2.42. The Morgan fingerprint density at radius 2 is 2.07 bits per heavy atom. The number of unbranched alkanes of at least 4 members (excludes halogenated alkanes) is 2. The second kappa shape index (κ2) is 4.59. The van der Waals surface area contributed by atoms with Gasteiger partial charge in [0, 0.05) is 6.54 Å². The number of imide groups is 1. The molecule has 6 heteroatoms. The summed E-state index contributed by atoms with van der Waals surface area (Å²) in [5.41, 5.74) is 11.4. The van der Waals surface area contributed by atoms with Crippen molar-refractivity contribution in [3.8, 4) is 0 Å². The highest BCUT2D eigenvalue weighted by Crippen LogP contribution is 2.14. The van der Waals surface area contributed by atoms with Gasteiger partial charge in [-0.1, -0.05) is 19.8 Å². The molecule has 1 aliphatic rings. The van der Waals surface area contributed by atoms with Gasteiger partial charge in [-0.05, 0) is 6.42 Å². The van der Waals surface area contributed by atoms with E-state index in [0.29, 0.717) is 6.54 Å². The Labute approximate surface area is 89.0 Å². The van der Waals surface area contributed by atoms with Crippen molar-refractivity contribution in [2.75, 3.05) is 6.54 Å². The van der Waals surface area contributed by atoms with E-state index in [4.69, 9.17) is 11.5 Å². The third-order valence-corrected chi connectivity index (χ3v) is 2.42. The molecule has 0 aromatic carbocycles. The first kappa shape index (κ1) is 11.9. The van der Waals surface area contributed by atoms with Crippen molar-refractivity contribution in [2.45, 2.75) is 38.4 Å². The number of rotatable bonds is 4. The molecule has 0 aromatic rings. The standard InChI is InChI=1S/C9H18N4O2/c1-2-3-4-5-13-8(15)12-7(14)6-9(13,10)11/h2-6,10-11H2,1H3,(H,12,14,15). The minimum atomic E-state index is -1.34. The Balaban J connectivity index is 2.59. The lowest BCUT2D eigenvalue weighted by Crippen LogP contribution is -2.72. The number of amides is 3. The largest absolute Gasteiger partial charge is 0.326 e. The predicted molar refractivity (Wildman–Crippen MR) is 55.5 cm³/mol. The Morgan fingerprint density at radius 1 is 1.40 bits per heavy atom. The molecule has 86 valence electrons. The van der Waals surface area contributed by atoms with Crippen LogP contribution in [0.4, 0.5) is 4.79 Å². The zero-order chi connectivity index (χ0) is 11.5. The van der Waals surface area contributed by atoms with E-state index in [9.17, 15) is 9.59 Å². The van der Waals surface area contributed by atoms with Crippen LogP contribution in [-0.2, 0) is 4.79 Å². The molecule has 0 radical (unpaired) electrons. The summed E-state index contributed by atoms with van der Waals surface area (Å²) >= 11 is 0. The van der Waals surface area contributed by atoms with Crippen LogP contribution in [0.25, 0.3) is 0 Å². The van der Waals surface area contributed by atoms with Crippen LogP contribution in [0.15, 0.2) is 0 Å². The Bertz CT molecular complexity index is 265. The number of urea groups is 1. The van der Waals surface area contributed by atoms with E-state index in [-0.39, 0.29) is 6.42 Å². The van der Waals surface area contributed by atoms with E-state index in [2.05, 4.69) is 12.2 Å². The molecule has 0 atom stereocenters. The molecule has 3 amide bonds. The zero-order valence-corrected chi connectivity index (χ0v) is 8.95. The summed E-state index contributed by atoms with van der Waals surface area (Å²) in [7, 11) is 0. The lowest BCUT2D eigenvalue weighted by atomic mass is 10.1.